The van der Waals surface area contributed by atoms with Crippen molar-refractivity contribution in [2.45, 2.75) is 18.7 Å². The number of ether oxygens (including phenoxy) is 1. The van der Waals surface area contributed by atoms with E-state index >= 15 is 0 Å². The van der Waals surface area contributed by atoms with Crippen LogP contribution >= 0.6 is 11.6 Å². The molecule has 19 heavy (non-hydrogen) atoms. The molecule has 0 radical (unpaired) electrons. The zero-order chi connectivity index (χ0) is 14.3. The summed E-state index contributed by atoms with van der Waals surface area (Å²) in [6.45, 7) is -0.240. The van der Waals surface area contributed by atoms with Crippen molar-refractivity contribution in [2.24, 2.45) is 0 Å². The summed E-state index contributed by atoms with van der Waals surface area (Å²) in [7, 11) is 0. The zero-order valence-electron chi connectivity index (χ0n) is 10.1. The van der Waals surface area contributed by atoms with Gasteiger partial charge in [-0.2, -0.15) is 13.2 Å². The van der Waals surface area contributed by atoms with Crippen molar-refractivity contribution in [2.75, 3.05) is 19.7 Å². The lowest BCUT2D eigenvalue weighted by Crippen LogP contribution is -2.33. The maximum atomic E-state index is 11.9. The van der Waals surface area contributed by atoms with Gasteiger partial charge in [0.25, 0.3) is 0 Å². The molecule has 0 amide bonds. The normalized spacial score (nSPS) is 13.3. The van der Waals surface area contributed by atoms with Crippen LogP contribution in [0.5, 0.6) is 5.75 Å². The summed E-state index contributed by atoms with van der Waals surface area (Å²) in [6.07, 6.45) is -6.01. The van der Waals surface area contributed by atoms with Crippen LogP contribution < -0.4 is 10.1 Å². The number of benzene rings is 1. The van der Waals surface area contributed by atoms with E-state index < -0.39 is 18.7 Å². The predicted molar refractivity (Wildman–Crippen MR) is 66.5 cm³/mol. The molecule has 3 nitrogen and oxygen atoms in total. The number of alkyl halides is 3. The van der Waals surface area contributed by atoms with Gasteiger partial charge in [0.2, 0.25) is 0 Å². The quantitative estimate of drug-likeness (QED) is 0.760. The Morgan fingerprint density at radius 1 is 1.32 bits per heavy atom. The van der Waals surface area contributed by atoms with Crippen molar-refractivity contribution in [3.8, 4) is 5.75 Å². The Bertz CT molecular complexity index is 387. The Morgan fingerprint density at radius 3 is 2.63 bits per heavy atom. The Kier molecular flexibility index (Phi) is 6.41. The van der Waals surface area contributed by atoms with E-state index in [2.05, 4.69) is 5.32 Å². The predicted octanol–water partition coefficient (Wildman–Crippen LogP) is 2.62. The fourth-order valence-corrected chi connectivity index (χ4v) is 1.50. The van der Waals surface area contributed by atoms with Gasteiger partial charge in [-0.3, -0.25) is 0 Å². The highest BCUT2D eigenvalue weighted by Crippen LogP contribution is 2.23. The number of hydrogen-bond acceptors (Lipinski definition) is 3. The molecule has 1 atom stereocenters. The molecular weight excluding hydrogens is 283 g/mol. The maximum Gasteiger partial charge on any atom is 0.390 e. The first-order valence-corrected chi connectivity index (χ1v) is 6.09. The molecule has 0 saturated carbocycles. The van der Waals surface area contributed by atoms with Crippen molar-refractivity contribution >= 4 is 11.6 Å². The van der Waals surface area contributed by atoms with Crippen LogP contribution in [0, 0.1) is 0 Å². The Hall–Kier alpha value is -0.980. The first-order chi connectivity index (χ1) is 8.88. The number of nitrogens with one attached hydrogen (secondary N) is 1. The Morgan fingerprint density at radius 2 is 2.00 bits per heavy atom. The number of aliphatic hydroxyl groups excluding tert-OH is 1. The molecule has 0 heterocycles. The van der Waals surface area contributed by atoms with Gasteiger partial charge in [0.05, 0.1) is 11.4 Å². The summed E-state index contributed by atoms with van der Waals surface area (Å²) in [5, 5.41) is 12.4. The van der Waals surface area contributed by atoms with Crippen molar-refractivity contribution in [1.82, 2.24) is 5.32 Å². The third-order valence-corrected chi connectivity index (χ3v) is 2.55. The summed E-state index contributed by atoms with van der Waals surface area (Å²) in [5.74, 6) is 0.429. The molecular formula is C12H15ClF3NO2. The Balaban J connectivity index is 2.18. The first kappa shape index (κ1) is 16.1. The molecule has 0 aliphatic rings. The van der Waals surface area contributed by atoms with Crippen LogP contribution in [-0.4, -0.2) is 37.1 Å². The van der Waals surface area contributed by atoms with Gasteiger partial charge >= 0.3 is 6.18 Å². The monoisotopic (exact) mass is 297 g/mol. The fraction of sp³-hybridized carbons (Fsp3) is 0.500. The van der Waals surface area contributed by atoms with Crippen LogP contribution in [0.15, 0.2) is 24.3 Å². The van der Waals surface area contributed by atoms with Gasteiger partial charge in [-0.1, -0.05) is 23.7 Å². The smallest absolute Gasteiger partial charge is 0.390 e. The van der Waals surface area contributed by atoms with Crippen LogP contribution in [0.25, 0.3) is 0 Å². The second-order valence-electron chi connectivity index (χ2n) is 3.96. The second kappa shape index (κ2) is 7.57. The van der Waals surface area contributed by atoms with Crippen LogP contribution in [0.1, 0.15) is 6.42 Å². The minimum atomic E-state index is -4.19. The SMILES string of the molecule is OC(CNCCC(F)(F)F)COc1ccccc1Cl. The molecule has 1 rings (SSSR count). The van der Waals surface area contributed by atoms with E-state index in [1.807, 2.05) is 0 Å². The molecule has 0 aromatic heterocycles. The summed E-state index contributed by atoms with van der Waals surface area (Å²) in [6, 6.07) is 6.76. The van der Waals surface area contributed by atoms with E-state index in [9.17, 15) is 18.3 Å². The molecule has 0 aliphatic carbocycles. The molecule has 1 unspecified atom stereocenters. The summed E-state index contributed by atoms with van der Waals surface area (Å²) >= 11 is 5.84. The minimum absolute atomic E-state index is 0.0283. The number of halogens is 4. The summed E-state index contributed by atoms with van der Waals surface area (Å²) < 4.78 is 40.8. The van der Waals surface area contributed by atoms with Gasteiger partial charge in [0, 0.05) is 13.1 Å². The maximum absolute atomic E-state index is 11.9. The lowest BCUT2D eigenvalue weighted by molar-refractivity contribution is -0.133. The third-order valence-electron chi connectivity index (χ3n) is 2.23. The highest BCUT2D eigenvalue weighted by molar-refractivity contribution is 6.32. The molecule has 108 valence electrons. The van der Waals surface area contributed by atoms with Gasteiger partial charge in [-0.25, -0.2) is 0 Å². The average Bonchev–Trinajstić information content (AvgIpc) is 2.32. The van der Waals surface area contributed by atoms with E-state index in [1.165, 1.54) is 0 Å². The van der Waals surface area contributed by atoms with E-state index in [4.69, 9.17) is 16.3 Å². The zero-order valence-corrected chi connectivity index (χ0v) is 10.8. The van der Waals surface area contributed by atoms with E-state index in [-0.39, 0.29) is 19.7 Å². The van der Waals surface area contributed by atoms with Gasteiger partial charge in [0.1, 0.15) is 18.5 Å². The summed E-state index contributed by atoms with van der Waals surface area (Å²) in [4.78, 5) is 0. The molecule has 0 spiro atoms. The first-order valence-electron chi connectivity index (χ1n) is 5.71. The lowest BCUT2D eigenvalue weighted by atomic mass is 10.3. The molecule has 1 aromatic rings. The van der Waals surface area contributed by atoms with Crippen molar-refractivity contribution < 1.29 is 23.0 Å². The Labute approximate surface area is 114 Å². The molecule has 1 aromatic carbocycles. The van der Waals surface area contributed by atoms with E-state index in [0.29, 0.717) is 10.8 Å². The van der Waals surface area contributed by atoms with E-state index in [0.717, 1.165) is 0 Å². The van der Waals surface area contributed by atoms with Crippen molar-refractivity contribution in [3.63, 3.8) is 0 Å². The van der Waals surface area contributed by atoms with Crippen LogP contribution in [0.2, 0.25) is 5.02 Å². The largest absolute Gasteiger partial charge is 0.489 e. The number of para-hydroxylation sites is 1. The van der Waals surface area contributed by atoms with Crippen LogP contribution in [0.3, 0.4) is 0 Å². The lowest BCUT2D eigenvalue weighted by Gasteiger charge is -2.14. The molecule has 0 aliphatic heterocycles. The standard InChI is InChI=1S/C12H15ClF3NO2/c13-10-3-1-2-4-11(10)19-8-9(18)7-17-6-5-12(14,15)16/h1-4,9,17-18H,5-8H2. The summed E-state index contributed by atoms with van der Waals surface area (Å²) in [5.41, 5.74) is 0. The molecule has 2 N–H and O–H groups in total. The number of hydrogen-bond donors (Lipinski definition) is 2. The minimum Gasteiger partial charge on any atom is -0.489 e. The molecule has 7 heteroatoms. The number of rotatable bonds is 7. The van der Waals surface area contributed by atoms with Gasteiger partial charge < -0.3 is 15.2 Å². The molecule has 0 fully saturated rings. The van der Waals surface area contributed by atoms with Crippen molar-refractivity contribution in [3.05, 3.63) is 29.3 Å². The van der Waals surface area contributed by atoms with Gasteiger partial charge in [-0.05, 0) is 12.1 Å². The molecule has 0 bridgehead atoms. The van der Waals surface area contributed by atoms with Crippen LogP contribution in [0.4, 0.5) is 13.2 Å². The average molecular weight is 298 g/mol. The van der Waals surface area contributed by atoms with Gasteiger partial charge in [0.15, 0.2) is 0 Å². The second-order valence-corrected chi connectivity index (χ2v) is 4.37. The van der Waals surface area contributed by atoms with E-state index in [1.54, 1.807) is 24.3 Å². The highest BCUT2D eigenvalue weighted by atomic mass is 35.5. The fourth-order valence-electron chi connectivity index (χ4n) is 1.31. The number of aliphatic hydroxyl groups is 1. The van der Waals surface area contributed by atoms with Crippen LogP contribution in [-0.2, 0) is 0 Å². The topological polar surface area (TPSA) is 41.5 Å². The third kappa shape index (κ3) is 7.25. The molecule has 0 saturated heterocycles. The highest BCUT2D eigenvalue weighted by Gasteiger charge is 2.26. The van der Waals surface area contributed by atoms with Crippen molar-refractivity contribution in [1.29, 1.82) is 0 Å². The van der Waals surface area contributed by atoms with Gasteiger partial charge in [-0.15, -0.1) is 0 Å².